The first kappa shape index (κ1) is 19.5. The first-order valence-corrected chi connectivity index (χ1v) is 6.20. The van der Waals surface area contributed by atoms with Gasteiger partial charge in [-0.25, -0.2) is 0 Å². The number of nitrogens with one attached hydrogen (secondary N) is 1. The summed E-state index contributed by atoms with van der Waals surface area (Å²) in [5.74, 6) is -0.364. The minimum atomic E-state index is -4.43. The zero-order valence-electron chi connectivity index (χ0n) is 11.3. The molecule has 1 aromatic carbocycles. The Morgan fingerprint density at radius 2 is 2.00 bits per heavy atom. The number of carbonyl (C=O) groups excluding carboxylic acids is 1. The molecule has 0 saturated heterocycles. The molecule has 0 radical (unpaired) electrons. The van der Waals surface area contributed by atoms with Crippen molar-refractivity contribution < 1.29 is 22.7 Å². The van der Waals surface area contributed by atoms with Gasteiger partial charge in [0.2, 0.25) is 0 Å². The first-order valence-electron chi connectivity index (χ1n) is 6.20. The fourth-order valence-electron chi connectivity index (χ4n) is 1.46. The molecule has 21 heavy (non-hydrogen) atoms. The van der Waals surface area contributed by atoms with E-state index in [1.165, 1.54) is 12.1 Å². The first-order chi connectivity index (χ1) is 9.43. The standard InChI is InChI=1S/C13H17F3N2O2.ClH/c14-13(15,16)10-4-3-5-11(8-10)20-9-12(19)18-7-2-1-6-17;/h3-5,8H,1-2,6-7,9,17H2,(H,18,19);1H. The van der Waals surface area contributed by atoms with Crippen LogP contribution in [0, 0.1) is 0 Å². The summed E-state index contributed by atoms with van der Waals surface area (Å²) in [4.78, 5) is 11.4. The number of alkyl halides is 3. The van der Waals surface area contributed by atoms with Crippen molar-refractivity contribution in [2.45, 2.75) is 19.0 Å². The second-order valence-corrected chi connectivity index (χ2v) is 4.16. The molecule has 0 heterocycles. The third-order valence-corrected chi connectivity index (χ3v) is 2.48. The Bertz CT molecular complexity index is 442. The monoisotopic (exact) mass is 326 g/mol. The van der Waals surface area contributed by atoms with Crippen LogP contribution >= 0.6 is 12.4 Å². The Labute approximate surface area is 127 Å². The topological polar surface area (TPSA) is 64.3 Å². The number of amides is 1. The maximum Gasteiger partial charge on any atom is 0.416 e. The molecule has 0 aliphatic carbocycles. The van der Waals surface area contributed by atoms with Crippen molar-refractivity contribution in [3.63, 3.8) is 0 Å². The van der Waals surface area contributed by atoms with E-state index >= 15 is 0 Å². The fraction of sp³-hybridized carbons (Fsp3) is 0.462. The van der Waals surface area contributed by atoms with Crippen LogP contribution in [-0.2, 0) is 11.0 Å². The smallest absolute Gasteiger partial charge is 0.416 e. The van der Waals surface area contributed by atoms with Gasteiger partial charge in [0.05, 0.1) is 5.56 Å². The highest BCUT2D eigenvalue weighted by Gasteiger charge is 2.30. The van der Waals surface area contributed by atoms with Gasteiger partial charge in [0.25, 0.3) is 5.91 Å². The van der Waals surface area contributed by atoms with Crippen LogP contribution in [0.2, 0.25) is 0 Å². The summed E-state index contributed by atoms with van der Waals surface area (Å²) in [7, 11) is 0. The molecule has 0 unspecified atom stereocenters. The molecule has 4 nitrogen and oxygen atoms in total. The second kappa shape index (κ2) is 9.46. The second-order valence-electron chi connectivity index (χ2n) is 4.16. The lowest BCUT2D eigenvalue weighted by Gasteiger charge is -2.10. The highest BCUT2D eigenvalue weighted by Crippen LogP contribution is 2.31. The van der Waals surface area contributed by atoms with Crippen LogP contribution in [0.25, 0.3) is 0 Å². The summed E-state index contributed by atoms with van der Waals surface area (Å²) >= 11 is 0. The predicted molar refractivity (Wildman–Crippen MR) is 75.5 cm³/mol. The molecule has 0 aliphatic heterocycles. The minimum absolute atomic E-state index is 0. The van der Waals surface area contributed by atoms with Gasteiger partial charge in [-0.1, -0.05) is 6.07 Å². The molecule has 1 aromatic rings. The number of unbranched alkanes of at least 4 members (excludes halogenated alkanes) is 1. The number of carbonyl (C=O) groups is 1. The number of halogens is 4. The molecule has 0 saturated carbocycles. The molecule has 1 rings (SSSR count). The van der Waals surface area contributed by atoms with Crippen molar-refractivity contribution in [2.24, 2.45) is 5.73 Å². The van der Waals surface area contributed by atoms with Crippen molar-refractivity contribution in [1.29, 1.82) is 0 Å². The minimum Gasteiger partial charge on any atom is -0.484 e. The number of nitrogens with two attached hydrogens (primary N) is 1. The van der Waals surface area contributed by atoms with Gasteiger partial charge in [-0.15, -0.1) is 12.4 Å². The van der Waals surface area contributed by atoms with Gasteiger partial charge in [-0.3, -0.25) is 4.79 Å². The number of hydrogen-bond acceptors (Lipinski definition) is 3. The van der Waals surface area contributed by atoms with Crippen LogP contribution in [0.3, 0.4) is 0 Å². The van der Waals surface area contributed by atoms with Gasteiger partial charge in [-0.2, -0.15) is 13.2 Å². The van der Waals surface area contributed by atoms with E-state index in [0.29, 0.717) is 13.1 Å². The van der Waals surface area contributed by atoms with E-state index in [-0.39, 0.29) is 30.7 Å². The summed E-state index contributed by atoms with van der Waals surface area (Å²) in [5, 5.41) is 2.59. The molecule has 0 bridgehead atoms. The van der Waals surface area contributed by atoms with Gasteiger partial charge in [-0.05, 0) is 37.6 Å². The van der Waals surface area contributed by atoms with E-state index in [9.17, 15) is 18.0 Å². The van der Waals surface area contributed by atoms with Crippen LogP contribution in [0.15, 0.2) is 24.3 Å². The van der Waals surface area contributed by atoms with Gasteiger partial charge >= 0.3 is 6.18 Å². The lowest BCUT2D eigenvalue weighted by atomic mass is 10.2. The van der Waals surface area contributed by atoms with Crippen LogP contribution in [-0.4, -0.2) is 25.6 Å². The highest BCUT2D eigenvalue weighted by atomic mass is 35.5. The molecule has 0 fully saturated rings. The zero-order valence-corrected chi connectivity index (χ0v) is 12.1. The maximum atomic E-state index is 12.5. The van der Waals surface area contributed by atoms with Crippen LogP contribution in [0.5, 0.6) is 5.75 Å². The molecular formula is C13H18ClF3N2O2. The molecule has 0 aliphatic rings. The summed E-state index contributed by atoms with van der Waals surface area (Å²) in [6, 6.07) is 4.41. The lowest BCUT2D eigenvalue weighted by molar-refractivity contribution is -0.137. The molecule has 8 heteroatoms. The van der Waals surface area contributed by atoms with Crippen LogP contribution in [0.1, 0.15) is 18.4 Å². The quantitative estimate of drug-likeness (QED) is 0.756. The van der Waals surface area contributed by atoms with Crippen LogP contribution < -0.4 is 15.8 Å². The molecule has 0 spiro atoms. The Balaban J connectivity index is 0.00000400. The van der Waals surface area contributed by atoms with E-state index in [1.54, 1.807) is 0 Å². The molecule has 0 aromatic heterocycles. The summed E-state index contributed by atoms with van der Waals surface area (Å²) in [6.45, 7) is 0.711. The van der Waals surface area contributed by atoms with Gasteiger partial charge in [0, 0.05) is 6.54 Å². The summed E-state index contributed by atoms with van der Waals surface area (Å²) < 4.78 is 42.4. The predicted octanol–water partition coefficient (Wildman–Crippen LogP) is 2.36. The summed E-state index contributed by atoms with van der Waals surface area (Å²) in [6.07, 6.45) is -2.87. The van der Waals surface area contributed by atoms with Crippen molar-refractivity contribution >= 4 is 18.3 Å². The van der Waals surface area contributed by atoms with Crippen molar-refractivity contribution in [3.05, 3.63) is 29.8 Å². The lowest BCUT2D eigenvalue weighted by Crippen LogP contribution is -2.30. The number of hydrogen-bond donors (Lipinski definition) is 2. The largest absolute Gasteiger partial charge is 0.484 e. The zero-order chi connectivity index (χ0) is 15.0. The van der Waals surface area contributed by atoms with E-state index < -0.39 is 11.7 Å². The third-order valence-electron chi connectivity index (χ3n) is 2.48. The molecular weight excluding hydrogens is 309 g/mol. The van der Waals surface area contributed by atoms with Crippen molar-refractivity contribution in [3.8, 4) is 5.75 Å². The molecule has 0 atom stereocenters. The van der Waals surface area contributed by atoms with Crippen LogP contribution in [0.4, 0.5) is 13.2 Å². The Morgan fingerprint density at radius 3 is 2.62 bits per heavy atom. The normalized spacial score (nSPS) is 10.7. The van der Waals surface area contributed by atoms with E-state index in [2.05, 4.69) is 5.32 Å². The Kier molecular flexibility index (Phi) is 8.80. The van der Waals surface area contributed by atoms with Crippen molar-refractivity contribution in [2.75, 3.05) is 19.7 Å². The third kappa shape index (κ3) is 7.77. The highest BCUT2D eigenvalue weighted by molar-refractivity contribution is 5.85. The van der Waals surface area contributed by atoms with E-state index in [0.717, 1.165) is 25.0 Å². The fourth-order valence-corrected chi connectivity index (χ4v) is 1.46. The molecule has 1 amide bonds. The average Bonchev–Trinajstić information content (AvgIpc) is 2.41. The molecule has 120 valence electrons. The number of benzene rings is 1. The Hall–Kier alpha value is -1.47. The number of rotatable bonds is 7. The Morgan fingerprint density at radius 1 is 1.29 bits per heavy atom. The van der Waals surface area contributed by atoms with Gasteiger partial charge < -0.3 is 15.8 Å². The maximum absolute atomic E-state index is 12.5. The molecule has 3 N–H and O–H groups in total. The number of ether oxygens (including phenoxy) is 1. The SMILES string of the molecule is Cl.NCCCCNC(=O)COc1cccc(C(F)(F)F)c1. The van der Waals surface area contributed by atoms with Gasteiger partial charge in [0.1, 0.15) is 5.75 Å². The average molecular weight is 327 g/mol. The van der Waals surface area contributed by atoms with Crippen molar-refractivity contribution in [1.82, 2.24) is 5.32 Å². The van der Waals surface area contributed by atoms with E-state index in [4.69, 9.17) is 10.5 Å². The van der Waals surface area contributed by atoms with Gasteiger partial charge in [0.15, 0.2) is 6.61 Å². The van der Waals surface area contributed by atoms with E-state index in [1.807, 2.05) is 0 Å². The summed E-state index contributed by atoms with van der Waals surface area (Å²) in [5.41, 5.74) is 4.49.